The first-order chi connectivity index (χ1) is 13.8. The second-order valence-electron chi connectivity index (χ2n) is 6.71. The SMILES string of the molecule is FC(F)(F)C1=Cc2cc3cc(Br)c(cc4ccc(cc5nc(cc1n2)C=C5)[nH]4)[nH]3. The molecule has 0 saturated heterocycles. The third-order valence-corrected chi connectivity index (χ3v) is 5.20. The number of hydrogen-bond acceptors (Lipinski definition) is 2. The van der Waals surface area contributed by atoms with Gasteiger partial charge in [0.2, 0.25) is 0 Å². The second-order valence-corrected chi connectivity index (χ2v) is 7.56. The quantitative estimate of drug-likeness (QED) is 0.323. The van der Waals surface area contributed by atoms with Crippen molar-refractivity contribution >= 4 is 61.8 Å². The fourth-order valence-electron chi connectivity index (χ4n) is 3.28. The summed E-state index contributed by atoms with van der Waals surface area (Å²) in [7, 11) is 0. The van der Waals surface area contributed by atoms with Gasteiger partial charge in [0.1, 0.15) is 0 Å². The van der Waals surface area contributed by atoms with E-state index in [-0.39, 0.29) is 11.4 Å². The fourth-order valence-corrected chi connectivity index (χ4v) is 3.74. The van der Waals surface area contributed by atoms with Crippen LogP contribution in [-0.4, -0.2) is 26.1 Å². The molecule has 8 heteroatoms. The Kier molecular flexibility index (Phi) is 3.99. The maximum atomic E-state index is 13.5. The summed E-state index contributed by atoms with van der Waals surface area (Å²) < 4.78 is 41.4. The number of H-pyrrole nitrogens is 2. The topological polar surface area (TPSA) is 57.4 Å². The van der Waals surface area contributed by atoms with Crippen LogP contribution in [0.15, 0.2) is 46.9 Å². The molecule has 5 rings (SSSR count). The van der Waals surface area contributed by atoms with E-state index in [0.717, 1.165) is 27.1 Å². The van der Waals surface area contributed by atoms with Gasteiger partial charge in [-0.25, -0.2) is 9.97 Å². The highest BCUT2D eigenvalue weighted by Crippen LogP contribution is 2.37. The molecule has 2 N–H and O–H groups in total. The average molecular weight is 457 g/mol. The van der Waals surface area contributed by atoms with E-state index < -0.39 is 11.7 Å². The number of aromatic amines is 2. The molecule has 0 spiro atoms. The minimum absolute atomic E-state index is 0.153. The Labute approximate surface area is 171 Å². The van der Waals surface area contributed by atoms with E-state index in [1.807, 2.05) is 24.3 Å². The van der Waals surface area contributed by atoms with E-state index in [4.69, 9.17) is 0 Å². The molecule has 5 heterocycles. The highest BCUT2D eigenvalue weighted by atomic mass is 79.9. The maximum absolute atomic E-state index is 13.5. The number of fused-ring (bicyclic) bond motifs is 8. The van der Waals surface area contributed by atoms with E-state index in [2.05, 4.69) is 35.9 Å². The molecule has 144 valence electrons. The lowest BCUT2D eigenvalue weighted by atomic mass is 10.1. The summed E-state index contributed by atoms with van der Waals surface area (Å²) in [5.74, 6) is 0. The van der Waals surface area contributed by atoms with Gasteiger partial charge in [-0.3, -0.25) is 0 Å². The lowest BCUT2D eigenvalue weighted by molar-refractivity contribution is -0.0683. The first kappa shape index (κ1) is 17.9. The molecule has 3 aromatic heterocycles. The van der Waals surface area contributed by atoms with Gasteiger partial charge in [0.15, 0.2) is 0 Å². The van der Waals surface area contributed by atoms with E-state index in [0.29, 0.717) is 16.9 Å². The summed E-state index contributed by atoms with van der Waals surface area (Å²) in [5, 5.41) is 0. The molecule has 0 radical (unpaired) electrons. The summed E-state index contributed by atoms with van der Waals surface area (Å²) in [5.41, 5.74) is 3.49. The molecule has 2 aliphatic heterocycles. The van der Waals surface area contributed by atoms with E-state index >= 15 is 0 Å². The van der Waals surface area contributed by atoms with Gasteiger partial charge in [-0.05, 0) is 76.6 Å². The van der Waals surface area contributed by atoms with Crippen LogP contribution in [0.25, 0.3) is 45.9 Å². The van der Waals surface area contributed by atoms with Gasteiger partial charge in [-0.1, -0.05) is 0 Å². The molecule has 0 atom stereocenters. The van der Waals surface area contributed by atoms with Crippen molar-refractivity contribution in [1.82, 2.24) is 19.9 Å². The van der Waals surface area contributed by atoms with Crippen molar-refractivity contribution in [2.24, 2.45) is 0 Å². The summed E-state index contributed by atoms with van der Waals surface area (Å²) in [6, 6.07) is 12.3. The van der Waals surface area contributed by atoms with Crippen LogP contribution in [-0.2, 0) is 0 Å². The molecule has 29 heavy (non-hydrogen) atoms. The minimum Gasteiger partial charge on any atom is -0.355 e. The smallest absolute Gasteiger partial charge is 0.355 e. The van der Waals surface area contributed by atoms with Crippen LogP contribution in [0.2, 0.25) is 0 Å². The van der Waals surface area contributed by atoms with Gasteiger partial charge >= 0.3 is 6.18 Å². The van der Waals surface area contributed by atoms with Crippen molar-refractivity contribution < 1.29 is 13.2 Å². The van der Waals surface area contributed by atoms with Crippen LogP contribution in [0.4, 0.5) is 13.2 Å². The maximum Gasteiger partial charge on any atom is 0.418 e. The molecule has 3 aromatic rings. The van der Waals surface area contributed by atoms with Crippen LogP contribution in [0.1, 0.15) is 22.8 Å². The number of aromatic nitrogens is 4. The van der Waals surface area contributed by atoms with Crippen LogP contribution < -0.4 is 0 Å². The zero-order valence-corrected chi connectivity index (χ0v) is 16.3. The molecule has 0 amide bonds. The molecular weight excluding hydrogens is 445 g/mol. The van der Waals surface area contributed by atoms with Crippen LogP contribution in [0.5, 0.6) is 0 Å². The lowest BCUT2D eigenvalue weighted by Crippen LogP contribution is -2.09. The molecule has 0 aliphatic carbocycles. The van der Waals surface area contributed by atoms with Gasteiger partial charge in [-0.15, -0.1) is 0 Å². The van der Waals surface area contributed by atoms with Crippen LogP contribution >= 0.6 is 15.9 Å². The Morgan fingerprint density at radius 1 is 0.759 bits per heavy atom. The van der Waals surface area contributed by atoms with E-state index in [1.54, 1.807) is 24.3 Å². The number of nitrogens with zero attached hydrogens (tertiary/aromatic N) is 2. The van der Waals surface area contributed by atoms with Crippen molar-refractivity contribution in [2.75, 3.05) is 0 Å². The first-order valence-corrected chi connectivity index (χ1v) is 9.48. The average Bonchev–Trinajstić information content (AvgIpc) is 3.39. The zero-order valence-electron chi connectivity index (χ0n) is 14.7. The summed E-state index contributed by atoms with van der Waals surface area (Å²) in [6.45, 7) is 0. The minimum atomic E-state index is -4.51. The van der Waals surface area contributed by atoms with Gasteiger partial charge in [0.25, 0.3) is 0 Å². The Bertz CT molecular complexity index is 1360. The van der Waals surface area contributed by atoms with Gasteiger partial charge in [0.05, 0.1) is 33.9 Å². The van der Waals surface area contributed by atoms with Crippen LogP contribution in [0.3, 0.4) is 0 Å². The van der Waals surface area contributed by atoms with Gasteiger partial charge in [0, 0.05) is 21.0 Å². The van der Waals surface area contributed by atoms with Crippen molar-refractivity contribution in [3.05, 3.63) is 69.7 Å². The Morgan fingerprint density at radius 2 is 1.45 bits per heavy atom. The Hall–Kier alpha value is -3.13. The number of halogens is 4. The fraction of sp³-hybridized carbons (Fsp3) is 0.0476. The Balaban J connectivity index is 1.86. The summed E-state index contributed by atoms with van der Waals surface area (Å²) in [6.07, 6.45) is -0.0309. The standard InChI is InChI=1S/C21H12BrF3N4/c22-18-8-16-6-15-7-17(21(23,24)25)19(28-15)9-13-3-1-11(26-13)5-12-2-4-14(27-12)10-20(18)29-16/h1-10,27,29H. The van der Waals surface area contributed by atoms with Crippen molar-refractivity contribution in [1.29, 1.82) is 0 Å². The van der Waals surface area contributed by atoms with Crippen molar-refractivity contribution in [2.45, 2.75) is 6.18 Å². The van der Waals surface area contributed by atoms with Gasteiger partial charge < -0.3 is 9.97 Å². The highest BCUT2D eigenvalue weighted by Gasteiger charge is 2.37. The summed E-state index contributed by atoms with van der Waals surface area (Å²) >= 11 is 3.48. The number of hydrogen-bond donors (Lipinski definition) is 2. The monoisotopic (exact) mass is 456 g/mol. The molecule has 0 aromatic carbocycles. The number of allylic oxidation sites excluding steroid dienone is 1. The highest BCUT2D eigenvalue weighted by molar-refractivity contribution is 9.10. The molecule has 0 saturated carbocycles. The van der Waals surface area contributed by atoms with Crippen molar-refractivity contribution in [3.8, 4) is 0 Å². The molecule has 8 bridgehead atoms. The number of alkyl halides is 3. The molecule has 4 nitrogen and oxygen atoms in total. The predicted octanol–water partition coefficient (Wildman–Crippen LogP) is 6.35. The molecular formula is C21H12BrF3N4. The molecule has 0 fully saturated rings. The number of nitrogens with one attached hydrogen (secondary N) is 2. The van der Waals surface area contributed by atoms with E-state index in [9.17, 15) is 13.2 Å². The van der Waals surface area contributed by atoms with Crippen LogP contribution in [0, 0.1) is 0 Å². The van der Waals surface area contributed by atoms with E-state index in [1.165, 1.54) is 6.07 Å². The van der Waals surface area contributed by atoms with Crippen molar-refractivity contribution in [3.63, 3.8) is 0 Å². The lowest BCUT2D eigenvalue weighted by Gasteiger charge is -2.06. The van der Waals surface area contributed by atoms with Gasteiger partial charge in [-0.2, -0.15) is 13.2 Å². The summed E-state index contributed by atoms with van der Waals surface area (Å²) in [4.78, 5) is 15.0. The number of rotatable bonds is 0. The first-order valence-electron chi connectivity index (χ1n) is 8.69. The Morgan fingerprint density at radius 3 is 2.21 bits per heavy atom. The molecule has 0 unspecified atom stereocenters. The predicted molar refractivity (Wildman–Crippen MR) is 112 cm³/mol. The second kappa shape index (κ2) is 6.45. The zero-order chi connectivity index (χ0) is 20.2. The third kappa shape index (κ3) is 3.51. The largest absolute Gasteiger partial charge is 0.418 e. The normalized spacial score (nSPS) is 13.6. The third-order valence-electron chi connectivity index (χ3n) is 4.55. The molecule has 2 aliphatic rings.